The van der Waals surface area contributed by atoms with Gasteiger partial charge in [0, 0.05) is 29.9 Å². The lowest BCUT2D eigenvalue weighted by Gasteiger charge is -2.27. The summed E-state index contributed by atoms with van der Waals surface area (Å²) in [4.78, 5) is 28.5. The van der Waals surface area contributed by atoms with Gasteiger partial charge >= 0.3 is 12.2 Å². The maximum atomic E-state index is 12.8. The summed E-state index contributed by atoms with van der Waals surface area (Å²) in [5, 5.41) is 8.53. The SMILES string of the molecule is CC(C)(C)OC(=O)N1C=CC2CC(c3nnc([C@@H]4CCCN4C(=O)OCc4ccccc4)o3)=CC=C21. The quantitative estimate of drug-likeness (QED) is 0.551. The lowest BCUT2D eigenvalue weighted by atomic mass is 9.92. The normalized spacial score (nSPS) is 21.2. The summed E-state index contributed by atoms with van der Waals surface area (Å²) >= 11 is 0. The summed E-state index contributed by atoms with van der Waals surface area (Å²) in [7, 11) is 0. The van der Waals surface area contributed by atoms with Gasteiger partial charge < -0.3 is 13.9 Å². The van der Waals surface area contributed by atoms with Crippen molar-refractivity contribution in [2.45, 2.75) is 58.3 Å². The average Bonchev–Trinajstić information content (AvgIpc) is 3.60. The fourth-order valence-electron chi connectivity index (χ4n) is 4.60. The summed E-state index contributed by atoms with van der Waals surface area (Å²) in [6.07, 6.45) is 8.92. The maximum absolute atomic E-state index is 12.8. The lowest BCUT2D eigenvalue weighted by Crippen LogP contribution is -2.33. The first-order valence-corrected chi connectivity index (χ1v) is 12.2. The molecule has 5 rings (SSSR count). The van der Waals surface area contributed by atoms with Crippen molar-refractivity contribution in [2.75, 3.05) is 6.54 Å². The van der Waals surface area contributed by atoms with Crippen LogP contribution >= 0.6 is 0 Å². The van der Waals surface area contributed by atoms with Crippen LogP contribution in [0, 0.1) is 5.92 Å². The first kappa shape index (κ1) is 23.8. The third kappa shape index (κ3) is 5.05. The monoisotopic (exact) mass is 490 g/mol. The second kappa shape index (κ2) is 9.64. The Bertz CT molecular complexity index is 1220. The lowest BCUT2D eigenvalue weighted by molar-refractivity contribution is 0.0383. The molecule has 0 saturated carbocycles. The van der Waals surface area contributed by atoms with Crippen molar-refractivity contribution in [2.24, 2.45) is 5.92 Å². The molecule has 0 N–H and O–H groups in total. The van der Waals surface area contributed by atoms with Gasteiger partial charge in [-0.2, -0.15) is 0 Å². The van der Waals surface area contributed by atoms with Gasteiger partial charge in [-0.25, -0.2) is 9.59 Å². The summed E-state index contributed by atoms with van der Waals surface area (Å²) in [6.45, 7) is 6.33. The number of likely N-dealkylation sites (tertiary alicyclic amines) is 1. The Morgan fingerprint density at radius 1 is 1.11 bits per heavy atom. The van der Waals surface area contributed by atoms with Crippen LogP contribution in [-0.2, 0) is 16.1 Å². The van der Waals surface area contributed by atoms with E-state index in [0.717, 1.165) is 29.7 Å². The Kier molecular flexibility index (Phi) is 6.38. The van der Waals surface area contributed by atoms with E-state index >= 15 is 0 Å². The second-order valence-corrected chi connectivity index (χ2v) is 10.1. The van der Waals surface area contributed by atoms with E-state index in [-0.39, 0.29) is 24.7 Å². The number of carbonyl (C=O) groups excluding carboxylic acids is 2. The van der Waals surface area contributed by atoms with Crippen molar-refractivity contribution in [1.29, 1.82) is 0 Å². The molecule has 1 aliphatic carbocycles. The Balaban J connectivity index is 1.25. The van der Waals surface area contributed by atoms with E-state index in [1.807, 2.05) is 69.3 Å². The van der Waals surface area contributed by atoms with Gasteiger partial charge in [-0.05, 0) is 51.7 Å². The molecular formula is C27H30N4O5. The van der Waals surface area contributed by atoms with Crippen LogP contribution in [0.15, 0.2) is 64.9 Å². The molecule has 9 heteroatoms. The van der Waals surface area contributed by atoms with Crippen LogP contribution in [0.2, 0.25) is 0 Å². The molecule has 2 atom stereocenters. The molecule has 1 aromatic heterocycles. The number of carbonyl (C=O) groups is 2. The Hall–Kier alpha value is -3.88. The molecule has 9 nitrogen and oxygen atoms in total. The number of ether oxygens (including phenoxy) is 2. The standard InChI is InChI=1S/C27H30N4O5/c1-27(2,3)36-26(33)31-15-13-19-16-20(11-12-21(19)31)23-28-29-24(35-23)22-10-7-14-30(22)25(32)34-17-18-8-5-4-6-9-18/h4-6,8-9,11-13,15,19,22H,7,10,14,16-17H2,1-3H3/t19?,22-/m0/s1. The highest BCUT2D eigenvalue weighted by atomic mass is 16.6. The van der Waals surface area contributed by atoms with Crippen LogP contribution in [0.5, 0.6) is 0 Å². The van der Waals surface area contributed by atoms with E-state index in [2.05, 4.69) is 10.2 Å². The molecular weight excluding hydrogens is 460 g/mol. The van der Waals surface area contributed by atoms with Crippen LogP contribution in [-0.4, -0.2) is 44.3 Å². The maximum Gasteiger partial charge on any atom is 0.418 e. The molecule has 2 aromatic rings. The van der Waals surface area contributed by atoms with E-state index in [1.165, 1.54) is 0 Å². The molecule has 3 heterocycles. The molecule has 2 amide bonds. The fraction of sp³-hybridized carbons (Fsp3) is 0.407. The minimum atomic E-state index is -0.568. The van der Waals surface area contributed by atoms with E-state index in [0.29, 0.717) is 24.7 Å². The molecule has 2 aliphatic heterocycles. The summed E-state index contributed by atoms with van der Waals surface area (Å²) in [6, 6.07) is 9.28. The van der Waals surface area contributed by atoms with E-state index in [1.54, 1.807) is 16.0 Å². The average molecular weight is 491 g/mol. The van der Waals surface area contributed by atoms with Crippen LogP contribution in [0.1, 0.15) is 63.4 Å². The minimum absolute atomic E-state index is 0.0174. The number of allylic oxidation sites excluding steroid dienone is 4. The minimum Gasteiger partial charge on any atom is -0.445 e. The molecule has 188 valence electrons. The zero-order valence-electron chi connectivity index (χ0n) is 20.7. The number of fused-ring (bicyclic) bond motifs is 1. The molecule has 0 bridgehead atoms. The van der Waals surface area contributed by atoms with E-state index < -0.39 is 11.7 Å². The first-order valence-electron chi connectivity index (χ1n) is 12.2. The highest BCUT2D eigenvalue weighted by Crippen LogP contribution is 2.39. The zero-order chi connectivity index (χ0) is 25.3. The summed E-state index contributed by atoms with van der Waals surface area (Å²) in [5.41, 5.74) is 2.11. The van der Waals surface area contributed by atoms with E-state index in [4.69, 9.17) is 13.9 Å². The predicted octanol–water partition coefficient (Wildman–Crippen LogP) is 5.59. The molecule has 3 aliphatic rings. The van der Waals surface area contributed by atoms with Crippen LogP contribution in [0.3, 0.4) is 0 Å². The first-order chi connectivity index (χ1) is 17.3. The molecule has 1 aromatic carbocycles. The van der Waals surface area contributed by atoms with E-state index in [9.17, 15) is 9.59 Å². The van der Waals surface area contributed by atoms with Crippen molar-refractivity contribution in [1.82, 2.24) is 20.0 Å². The number of rotatable bonds is 4. The van der Waals surface area contributed by atoms with Gasteiger partial charge in [0.05, 0.1) is 0 Å². The largest absolute Gasteiger partial charge is 0.445 e. The molecule has 1 saturated heterocycles. The number of nitrogens with zero attached hydrogens (tertiary/aromatic N) is 4. The van der Waals surface area contributed by atoms with Crippen LogP contribution in [0.4, 0.5) is 9.59 Å². The topological polar surface area (TPSA) is 98.0 Å². The Labute approximate surface area is 210 Å². The van der Waals surface area contributed by atoms with Gasteiger partial charge in [-0.15, -0.1) is 10.2 Å². The van der Waals surface area contributed by atoms with Crippen molar-refractivity contribution in [3.05, 3.63) is 77.8 Å². The van der Waals surface area contributed by atoms with Crippen LogP contribution < -0.4 is 0 Å². The number of benzene rings is 1. The van der Waals surface area contributed by atoms with Gasteiger partial charge in [0.15, 0.2) is 0 Å². The third-order valence-corrected chi connectivity index (χ3v) is 6.30. The summed E-state index contributed by atoms with van der Waals surface area (Å²) in [5.74, 6) is 0.852. The molecule has 0 radical (unpaired) electrons. The molecule has 36 heavy (non-hydrogen) atoms. The number of hydrogen-bond donors (Lipinski definition) is 0. The zero-order valence-corrected chi connectivity index (χ0v) is 20.7. The molecule has 1 fully saturated rings. The molecule has 0 spiro atoms. The van der Waals surface area contributed by atoms with Crippen molar-refractivity contribution in [3.8, 4) is 0 Å². The van der Waals surface area contributed by atoms with Crippen molar-refractivity contribution >= 4 is 17.8 Å². The van der Waals surface area contributed by atoms with Crippen LogP contribution in [0.25, 0.3) is 5.57 Å². The van der Waals surface area contributed by atoms with Gasteiger partial charge in [0.25, 0.3) is 0 Å². The van der Waals surface area contributed by atoms with Gasteiger partial charge in [0.1, 0.15) is 18.2 Å². The fourth-order valence-corrected chi connectivity index (χ4v) is 4.60. The number of amides is 2. The van der Waals surface area contributed by atoms with Gasteiger partial charge in [0.2, 0.25) is 11.8 Å². The second-order valence-electron chi connectivity index (χ2n) is 10.1. The predicted molar refractivity (Wildman–Crippen MR) is 131 cm³/mol. The summed E-state index contributed by atoms with van der Waals surface area (Å²) < 4.78 is 17.1. The van der Waals surface area contributed by atoms with Gasteiger partial charge in [-0.3, -0.25) is 9.80 Å². The van der Waals surface area contributed by atoms with Crippen molar-refractivity contribution < 1.29 is 23.5 Å². The molecule has 1 unspecified atom stereocenters. The highest BCUT2D eigenvalue weighted by molar-refractivity contribution is 5.75. The third-order valence-electron chi connectivity index (χ3n) is 6.30. The number of hydrogen-bond acceptors (Lipinski definition) is 7. The smallest absolute Gasteiger partial charge is 0.418 e. The highest BCUT2D eigenvalue weighted by Gasteiger charge is 2.37. The van der Waals surface area contributed by atoms with Crippen molar-refractivity contribution in [3.63, 3.8) is 0 Å². The van der Waals surface area contributed by atoms with Gasteiger partial charge in [-0.1, -0.05) is 42.5 Å². The number of aromatic nitrogens is 2. The Morgan fingerprint density at radius 2 is 1.92 bits per heavy atom. The Morgan fingerprint density at radius 3 is 2.69 bits per heavy atom.